The van der Waals surface area contributed by atoms with Gasteiger partial charge >= 0.3 is 5.97 Å². The van der Waals surface area contributed by atoms with Gasteiger partial charge in [0.15, 0.2) is 0 Å². The maximum absolute atomic E-state index is 10.9. The van der Waals surface area contributed by atoms with Gasteiger partial charge in [0, 0.05) is 13.2 Å². The molecule has 0 aliphatic heterocycles. The molecule has 0 spiro atoms. The van der Waals surface area contributed by atoms with Crippen LogP contribution in [-0.4, -0.2) is 33.4 Å². The van der Waals surface area contributed by atoms with Crippen molar-refractivity contribution >= 4 is 12.0 Å². The van der Waals surface area contributed by atoms with Crippen LogP contribution in [0.15, 0.2) is 30.3 Å². The molecule has 0 unspecified atom stereocenters. The molecule has 1 aromatic carbocycles. The van der Waals surface area contributed by atoms with E-state index in [1.807, 2.05) is 24.3 Å². The van der Waals surface area contributed by atoms with E-state index < -0.39 is 0 Å². The predicted octanol–water partition coefficient (Wildman–Crippen LogP) is 2.04. The summed E-state index contributed by atoms with van der Waals surface area (Å²) in [6.45, 7) is 1.74. The fourth-order valence-electron chi connectivity index (χ4n) is 1.29. The van der Waals surface area contributed by atoms with Crippen LogP contribution >= 0.6 is 0 Å². The average molecular weight is 250 g/mol. The first-order chi connectivity index (χ1) is 8.76. The highest BCUT2D eigenvalue weighted by molar-refractivity contribution is 5.86. The Hall–Kier alpha value is -1.65. The minimum absolute atomic E-state index is 0.359. The van der Waals surface area contributed by atoms with E-state index in [0.29, 0.717) is 19.8 Å². The molecule has 0 N–H and O–H groups in total. The number of hydrogen-bond acceptors (Lipinski definition) is 4. The molecule has 0 aliphatic rings. The monoisotopic (exact) mass is 250 g/mol. The number of methoxy groups -OCH3 is 2. The third kappa shape index (κ3) is 5.61. The summed E-state index contributed by atoms with van der Waals surface area (Å²) in [5.74, 6) is -0.359. The lowest BCUT2D eigenvalue weighted by molar-refractivity contribution is -0.134. The van der Waals surface area contributed by atoms with Gasteiger partial charge in [0.25, 0.3) is 0 Å². The lowest BCUT2D eigenvalue weighted by Crippen LogP contribution is -2.01. The molecule has 0 fully saturated rings. The molecule has 0 atom stereocenters. The molecule has 18 heavy (non-hydrogen) atoms. The molecule has 1 aromatic rings. The van der Waals surface area contributed by atoms with Gasteiger partial charge in [-0.25, -0.2) is 4.79 Å². The van der Waals surface area contributed by atoms with Crippen molar-refractivity contribution in [3.63, 3.8) is 0 Å². The Kier molecular flexibility index (Phi) is 6.76. The molecule has 0 bridgehead atoms. The van der Waals surface area contributed by atoms with Crippen molar-refractivity contribution in [3.8, 4) is 0 Å². The van der Waals surface area contributed by atoms with Crippen molar-refractivity contribution in [2.75, 3.05) is 27.4 Å². The molecular formula is C14H18O4. The van der Waals surface area contributed by atoms with Crippen LogP contribution in [0, 0.1) is 0 Å². The lowest BCUT2D eigenvalue weighted by atomic mass is 10.1. The highest BCUT2D eigenvalue weighted by Crippen LogP contribution is 2.07. The highest BCUT2D eigenvalue weighted by atomic mass is 16.5. The molecule has 0 radical (unpaired) electrons. The van der Waals surface area contributed by atoms with Crippen molar-refractivity contribution in [2.45, 2.75) is 6.61 Å². The van der Waals surface area contributed by atoms with Gasteiger partial charge < -0.3 is 14.2 Å². The summed E-state index contributed by atoms with van der Waals surface area (Å²) < 4.78 is 14.8. The SMILES string of the molecule is COCCOCc1ccc(/C=C/C(=O)OC)cc1. The van der Waals surface area contributed by atoms with E-state index in [0.717, 1.165) is 11.1 Å². The van der Waals surface area contributed by atoms with Crippen LogP contribution in [0.3, 0.4) is 0 Å². The Labute approximate surface area is 107 Å². The van der Waals surface area contributed by atoms with Gasteiger partial charge in [-0.15, -0.1) is 0 Å². The van der Waals surface area contributed by atoms with E-state index >= 15 is 0 Å². The Morgan fingerprint density at radius 1 is 1.17 bits per heavy atom. The summed E-state index contributed by atoms with van der Waals surface area (Å²) in [4.78, 5) is 10.9. The van der Waals surface area contributed by atoms with E-state index in [9.17, 15) is 4.79 Å². The van der Waals surface area contributed by atoms with Crippen molar-refractivity contribution in [2.24, 2.45) is 0 Å². The molecular weight excluding hydrogens is 232 g/mol. The van der Waals surface area contributed by atoms with Gasteiger partial charge in [0.05, 0.1) is 26.9 Å². The second-order valence-electron chi connectivity index (χ2n) is 3.64. The van der Waals surface area contributed by atoms with Gasteiger partial charge in [-0.05, 0) is 17.2 Å². The number of hydrogen-bond donors (Lipinski definition) is 0. The zero-order chi connectivity index (χ0) is 13.2. The lowest BCUT2D eigenvalue weighted by Gasteiger charge is -2.04. The summed E-state index contributed by atoms with van der Waals surface area (Å²) in [5, 5.41) is 0. The number of carbonyl (C=O) groups excluding carboxylic acids is 1. The van der Waals surface area contributed by atoms with Crippen LogP contribution in [0.25, 0.3) is 6.08 Å². The Morgan fingerprint density at radius 3 is 2.50 bits per heavy atom. The molecule has 4 nitrogen and oxygen atoms in total. The summed E-state index contributed by atoms with van der Waals surface area (Å²) in [6, 6.07) is 7.77. The molecule has 0 aliphatic carbocycles. The van der Waals surface area contributed by atoms with Gasteiger partial charge in [0.1, 0.15) is 0 Å². The van der Waals surface area contributed by atoms with E-state index in [2.05, 4.69) is 4.74 Å². The number of esters is 1. The predicted molar refractivity (Wildman–Crippen MR) is 69.0 cm³/mol. The highest BCUT2D eigenvalue weighted by Gasteiger charge is 1.95. The summed E-state index contributed by atoms with van der Waals surface area (Å²) in [5.41, 5.74) is 2.03. The molecule has 98 valence electrons. The first-order valence-corrected chi connectivity index (χ1v) is 5.68. The zero-order valence-electron chi connectivity index (χ0n) is 10.7. The second kappa shape index (κ2) is 8.44. The van der Waals surface area contributed by atoms with E-state index in [1.165, 1.54) is 13.2 Å². The molecule has 4 heteroatoms. The normalized spacial score (nSPS) is 10.8. The average Bonchev–Trinajstić information content (AvgIpc) is 2.42. The molecule has 0 saturated heterocycles. The van der Waals surface area contributed by atoms with Gasteiger partial charge in [-0.1, -0.05) is 24.3 Å². The summed E-state index contributed by atoms with van der Waals surface area (Å²) in [6.07, 6.45) is 3.10. The van der Waals surface area contributed by atoms with Crippen LogP contribution in [0.1, 0.15) is 11.1 Å². The number of benzene rings is 1. The molecule has 0 saturated carbocycles. The number of rotatable bonds is 7. The Morgan fingerprint density at radius 2 is 1.89 bits per heavy atom. The zero-order valence-corrected chi connectivity index (χ0v) is 10.7. The first kappa shape index (κ1) is 14.4. The van der Waals surface area contributed by atoms with Crippen LogP contribution < -0.4 is 0 Å². The third-order valence-electron chi connectivity index (χ3n) is 2.29. The number of carbonyl (C=O) groups is 1. The van der Waals surface area contributed by atoms with E-state index in [1.54, 1.807) is 13.2 Å². The standard InChI is InChI=1S/C14H18O4/c1-16-9-10-18-11-13-5-3-12(4-6-13)7-8-14(15)17-2/h3-8H,9-11H2,1-2H3/b8-7+. The minimum Gasteiger partial charge on any atom is -0.466 e. The van der Waals surface area contributed by atoms with Crippen molar-refractivity contribution in [3.05, 3.63) is 41.5 Å². The minimum atomic E-state index is -0.359. The molecule has 1 rings (SSSR count). The maximum atomic E-state index is 10.9. The largest absolute Gasteiger partial charge is 0.466 e. The Bertz CT molecular complexity index is 381. The third-order valence-corrected chi connectivity index (χ3v) is 2.29. The van der Waals surface area contributed by atoms with Gasteiger partial charge in [-0.2, -0.15) is 0 Å². The Balaban J connectivity index is 2.42. The summed E-state index contributed by atoms with van der Waals surface area (Å²) >= 11 is 0. The fraction of sp³-hybridized carbons (Fsp3) is 0.357. The van der Waals surface area contributed by atoms with Crippen molar-refractivity contribution in [1.82, 2.24) is 0 Å². The number of ether oxygens (including phenoxy) is 3. The van der Waals surface area contributed by atoms with Crippen LogP contribution in [0.5, 0.6) is 0 Å². The maximum Gasteiger partial charge on any atom is 0.330 e. The molecule has 0 aromatic heterocycles. The van der Waals surface area contributed by atoms with Crippen LogP contribution in [0.4, 0.5) is 0 Å². The van der Waals surface area contributed by atoms with Crippen LogP contribution in [-0.2, 0) is 25.6 Å². The van der Waals surface area contributed by atoms with Crippen molar-refractivity contribution < 1.29 is 19.0 Å². The quantitative estimate of drug-likeness (QED) is 0.422. The van der Waals surface area contributed by atoms with Gasteiger partial charge in [-0.3, -0.25) is 0 Å². The van der Waals surface area contributed by atoms with E-state index in [4.69, 9.17) is 9.47 Å². The topological polar surface area (TPSA) is 44.8 Å². The van der Waals surface area contributed by atoms with E-state index in [-0.39, 0.29) is 5.97 Å². The summed E-state index contributed by atoms with van der Waals surface area (Å²) in [7, 11) is 3.00. The van der Waals surface area contributed by atoms with Gasteiger partial charge in [0.2, 0.25) is 0 Å². The van der Waals surface area contributed by atoms with Crippen LogP contribution in [0.2, 0.25) is 0 Å². The molecule has 0 heterocycles. The fourth-order valence-corrected chi connectivity index (χ4v) is 1.29. The second-order valence-corrected chi connectivity index (χ2v) is 3.64. The smallest absolute Gasteiger partial charge is 0.330 e. The first-order valence-electron chi connectivity index (χ1n) is 5.68. The van der Waals surface area contributed by atoms with Crippen molar-refractivity contribution in [1.29, 1.82) is 0 Å². The molecule has 0 amide bonds.